The Balaban J connectivity index is 1.33. The second-order valence-corrected chi connectivity index (χ2v) is 7.07. The van der Waals surface area contributed by atoms with Gasteiger partial charge in [0.25, 0.3) is 0 Å². The molecule has 140 valence electrons. The van der Waals surface area contributed by atoms with Gasteiger partial charge in [0.15, 0.2) is 0 Å². The highest BCUT2D eigenvalue weighted by atomic mass is 19.4. The molecule has 0 radical (unpaired) electrons. The molecule has 1 saturated heterocycles. The first-order chi connectivity index (χ1) is 12.5. The number of aryl methyl sites for hydroxylation is 1. The van der Waals surface area contributed by atoms with Crippen molar-refractivity contribution in [2.24, 2.45) is 0 Å². The Morgan fingerprint density at radius 3 is 2.62 bits per heavy atom. The van der Waals surface area contributed by atoms with Crippen molar-refractivity contribution in [3.8, 4) is 0 Å². The normalized spacial score (nSPS) is 21.7. The molecule has 1 aliphatic carbocycles. The lowest BCUT2D eigenvalue weighted by molar-refractivity contribution is -0.137. The van der Waals surface area contributed by atoms with Gasteiger partial charge in [0.1, 0.15) is 11.6 Å². The van der Waals surface area contributed by atoms with Gasteiger partial charge < -0.3 is 14.6 Å². The number of hydrogen-bond donors (Lipinski definition) is 1. The van der Waals surface area contributed by atoms with Gasteiger partial charge in [-0.05, 0) is 43.9 Å². The zero-order valence-electron chi connectivity index (χ0n) is 14.4. The maximum Gasteiger partial charge on any atom is 0.417 e. The van der Waals surface area contributed by atoms with Gasteiger partial charge in [-0.15, -0.1) is 0 Å². The first-order valence-electron chi connectivity index (χ1n) is 9.11. The van der Waals surface area contributed by atoms with Crippen molar-refractivity contribution in [3.63, 3.8) is 0 Å². The number of fused-ring (bicyclic) bond motifs is 1. The summed E-state index contributed by atoms with van der Waals surface area (Å²) < 4.78 is 43.5. The molecule has 3 heterocycles. The lowest BCUT2D eigenvalue weighted by atomic mass is 9.91. The predicted molar refractivity (Wildman–Crippen MR) is 92.0 cm³/mol. The molecule has 0 amide bonds. The van der Waals surface area contributed by atoms with Crippen LogP contribution >= 0.6 is 0 Å². The van der Waals surface area contributed by atoms with Gasteiger partial charge >= 0.3 is 6.18 Å². The SMILES string of the molecule is FC(F)(F)c1ccc(N2CCC(NC3CCCc4occc43)CC2)nc1. The summed E-state index contributed by atoms with van der Waals surface area (Å²) in [6.45, 7) is 1.59. The van der Waals surface area contributed by atoms with E-state index in [1.807, 2.05) is 0 Å². The van der Waals surface area contributed by atoms with Crippen molar-refractivity contribution in [3.05, 3.63) is 47.5 Å². The highest BCUT2D eigenvalue weighted by Crippen LogP contribution is 2.32. The Bertz CT molecular complexity index is 733. The van der Waals surface area contributed by atoms with Gasteiger partial charge in [0, 0.05) is 43.4 Å². The maximum atomic E-state index is 12.6. The number of piperidine rings is 1. The van der Waals surface area contributed by atoms with Crippen LogP contribution in [0, 0.1) is 0 Å². The van der Waals surface area contributed by atoms with Crippen LogP contribution in [-0.2, 0) is 12.6 Å². The average Bonchev–Trinajstić information content (AvgIpc) is 3.12. The topological polar surface area (TPSA) is 41.3 Å². The minimum absolute atomic E-state index is 0.346. The number of pyridine rings is 1. The Morgan fingerprint density at radius 2 is 1.92 bits per heavy atom. The Kier molecular flexibility index (Phi) is 4.65. The zero-order valence-corrected chi connectivity index (χ0v) is 14.4. The number of nitrogens with zero attached hydrogens (tertiary/aromatic N) is 2. The van der Waals surface area contributed by atoms with Crippen LogP contribution in [0.4, 0.5) is 19.0 Å². The quantitative estimate of drug-likeness (QED) is 0.879. The Morgan fingerprint density at radius 1 is 1.12 bits per heavy atom. The lowest BCUT2D eigenvalue weighted by Crippen LogP contribution is -2.44. The molecule has 2 aromatic rings. The van der Waals surface area contributed by atoms with E-state index >= 15 is 0 Å². The van der Waals surface area contributed by atoms with E-state index in [9.17, 15) is 13.2 Å². The molecule has 1 aliphatic heterocycles. The van der Waals surface area contributed by atoms with Crippen molar-refractivity contribution in [1.82, 2.24) is 10.3 Å². The number of aromatic nitrogens is 1. The summed E-state index contributed by atoms with van der Waals surface area (Å²) >= 11 is 0. The summed E-state index contributed by atoms with van der Waals surface area (Å²) in [7, 11) is 0. The van der Waals surface area contributed by atoms with E-state index in [0.717, 1.165) is 63.2 Å². The van der Waals surface area contributed by atoms with Crippen LogP contribution in [0.25, 0.3) is 0 Å². The molecular formula is C19H22F3N3O. The summed E-state index contributed by atoms with van der Waals surface area (Å²) in [5, 5.41) is 3.75. The second-order valence-electron chi connectivity index (χ2n) is 7.07. The minimum atomic E-state index is -4.34. The Hall–Kier alpha value is -2.02. The van der Waals surface area contributed by atoms with E-state index in [1.54, 1.807) is 6.26 Å². The molecule has 2 aromatic heterocycles. The van der Waals surface area contributed by atoms with Crippen LogP contribution in [0.3, 0.4) is 0 Å². The highest BCUT2D eigenvalue weighted by molar-refractivity contribution is 5.40. The summed E-state index contributed by atoms with van der Waals surface area (Å²) in [5.74, 6) is 1.71. The van der Waals surface area contributed by atoms with Crippen molar-refractivity contribution in [2.45, 2.75) is 50.4 Å². The van der Waals surface area contributed by atoms with E-state index in [-0.39, 0.29) is 0 Å². The van der Waals surface area contributed by atoms with Crippen molar-refractivity contribution in [2.75, 3.05) is 18.0 Å². The average molecular weight is 365 g/mol. The van der Waals surface area contributed by atoms with E-state index in [1.165, 1.54) is 11.6 Å². The first kappa shape index (κ1) is 17.4. The number of hydrogen-bond acceptors (Lipinski definition) is 4. The predicted octanol–water partition coefficient (Wildman–Crippen LogP) is 4.33. The maximum absolute atomic E-state index is 12.6. The number of furan rings is 1. The number of halogens is 3. The van der Waals surface area contributed by atoms with E-state index < -0.39 is 11.7 Å². The number of rotatable bonds is 3. The van der Waals surface area contributed by atoms with Crippen LogP contribution < -0.4 is 10.2 Å². The van der Waals surface area contributed by atoms with Gasteiger partial charge in [-0.25, -0.2) is 4.98 Å². The molecule has 0 saturated carbocycles. The fourth-order valence-corrected chi connectivity index (χ4v) is 3.96. The van der Waals surface area contributed by atoms with Gasteiger partial charge in [-0.1, -0.05) is 0 Å². The fourth-order valence-electron chi connectivity index (χ4n) is 3.96. The molecule has 1 unspecified atom stereocenters. The van der Waals surface area contributed by atoms with E-state index in [2.05, 4.69) is 21.3 Å². The van der Waals surface area contributed by atoms with Gasteiger partial charge in [0.05, 0.1) is 11.8 Å². The standard InChI is InChI=1S/C19H22F3N3O/c20-19(21,22)13-4-5-18(23-12-13)25-9-6-14(7-10-25)24-16-2-1-3-17-15(16)8-11-26-17/h4-5,8,11-12,14,16,24H,1-3,6-7,9-10H2. The van der Waals surface area contributed by atoms with Gasteiger partial charge in [-0.2, -0.15) is 13.2 Å². The number of nitrogens with one attached hydrogen (secondary N) is 1. The van der Waals surface area contributed by atoms with Crippen LogP contribution in [0.1, 0.15) is 48.6 Å². The summed E-state index contributed by atoms with van der Waals surface area (Å²) in [6, 6.07) is 5.39. The Labute approximate surface area is 150 Å². The molecule has 0 spiro atoms. The second kappa shape index (κ2) is 6.95. The molecule has 0 aromatic carbocycles. The molecule has 26 heavy (non-hydrogen) atoms. The summed E-state index contributed by atoms with van der Waals surface area (Å²) in [5.41, 5.74) is 0.578. The van der Waals surface area contributed by atoms with Gasteiger partial charge in [-0.3, -0.25) is 0 Å². The third kappa shape index (κ3) is 3.58. The third-order valence-corrected chi connectivity index (χ3v) is 5.38. The molecule has 1 fully saturated rings. The van der Waals surface area contributed by atoms with Crippen molar-refractivity contribution in [1.29, 1.82) is 0 Å². The molecule has 1 N–H and O–H groups in total. The summed E-state index contributed by atoms with van der Waals surface area (Å²) in [6.07, 6.45) is 3.51. The monoisotopic (exact) mass is 365 g/mol. The lowest BCUT2D eigenvalue weighted by Gasteiger charge is -2.36. The molecule has 0 bridgehead atoms. The van der Waals surface area contributed by atoms with E-state index in [4.69, 9.17) is 4.42 Å². The summed E-state index contributed by atoms with van der Waals surface area (Å²) in [4.78, 5) is 6.06. The third-order valence-electron chi connectivity index (χ3n) is 5.38. The molecule has 1 atom stereocenters. The van der Waals surface area contributed by atoms with Gasteiger partial charge in [0.2, 0.25) is 0 Å². The highest BCUT2D eigenvalue weighted by Gasteiger charge is 2.31. The van der Waals surface area contributed by atoms with Crippen LogP contribution in [-0.4, -0.2) is 24.1 Å². The molecule has 2 aliphatic rings. The largest absolute Gasteiger partial charge is 0.469 e. The number of alkyl halides is 3. The minimum Gasteiger partial charge on any atom is -0.469 e. The van der Waals surface area contributed by atoms with Crippen LogP contribution in [0.15, 0.2) is 35.1 Å². The molecule has 4 rings (SSSR count). The molecule has 4 nitrogen and oxygen atoms in total. The molecular weight excluding hydrogens is 343 g/mol. The smallest absolute Gasteiger partial charge is 0.417 e. The van der Waals surface area contributed by atoms with Crippen LogP contribution in [0.2, 0.25) is 0 Å². The first-order valence-corrected chi connectivity index (χ1v) is 9.11. The van der Waals surface area contributed by atoms with Crippen LogP contribution in [0.5, 0.6) is 0 Å². The van der Waals surface area contributed by atoms with Crippen molar-refractivity contribution < 1.29 is 17.6 Å². The molecule has 7 heteroatoms. The van der Waals surface area contributed by atoms with E-state index in [0.29, 0.717) is 17.9 Å². The fraction of sp³-hybridized carbons (Fsp3) is 0.526. The van der Waals surface area contributed by atoms with Crippen molar-refractivity contribution >= 4 is 5.82 Å². The zero-order chi connectivity index (χ0) is 18.1. The number of anilines is 1.